The average molecular weight is 263 g/mol. The summed E-state index contributed by atoms with van der Waals surface area (Å²) in [5.74, 6) is -1.82. The number of carboxylic acids is 1. The monoisotopic (exact) mass is 263 g/mol. The predicted molar refractivity (Wildman–Crippen MR) is 74.1 cm³/mol. The highest BCUT2D eigenvalue weighted by atomic mass is 16.4. The van der Waals surface area contributed by atoms with Gasteiger partial charge in [0.2, 0.25) is 5.91 Å². The van der Waals surface area contributed by atoms with E-state index in [1.807, 2.05) is 45.0 Å². The molecule has 104 valence electrons. The van der Waals surface area contributed by atoms with Crippen molar-refractivity contribution in [2.75, 3.05) is 0 Å². The molecule has 0 heterocycles. The largest absolute Gasteiger partial charge is 0.481 e. The Hall–Kier alpha value is -1.84. The van der Waals surface area contributed by atoms with Crippen molar-refractivity contribution in [1.29, 1.82) is 0 Å². The first kappa shape index (κ1) is 15.2. The Morgan fingerprint density at radius 1 is 1.26 bits per heavy atom. The van der Waals surface area contributed by atoms with Gasteiger partial charge in [-0.05, 0) is 25.8 Å². The molecule has 4 nitrogen and oxygen atoms in total. The van der Waals surface area contributed by atoms with Crippen molar-refractivity contribution in [2.24, 2.45) is 0 Å². The van der Waals surface area contributed by atoms with Crippen molar-refractivity contribution in [3.05, 3.63) is 35.4 Å². The molecule has 0 spiro atoms. The van der Waals surface area contributed by atoms with Crippen LogP contribution in [0.5, 0.6) is 0 Å². The molecule has 2 unspecified atom stereocenters. The highest BCUT2D eigenvalue weighted by molar-refractivity contribution is 5.87. The number of hydrogen-bond donors (Lipinski definition) is 2. The third kappa shape index (κ3) is 4.73. The highest BCUT2D eigenvalue weighted by Gasteiger charge is 2.24. The normalized spacial score (nSPS) is 13.6. The zero-order chi connectivity index (χ0) is 14.4. The minimum Gasteiger partial charge on any atom is -0.481 e. The fourth-order valence-electron chi connectivity index (χ4n) is 1.78. The van der Waals surface area contributed by atoms with Gasteiger partial charge in [0.25, 0.3) is 0 Å². The third-order valence-electron chi connectivity index (χ3n) is 3.18. The summed E-state index contributed by atoms with van der Waals surface area (Å²) < 4.78 is 0. The van der Waals surface area contributed by atoms with Crippen LogP contribution < -0.4 is 5.32 Å². The van der Waals surface area contributed by atoms with Gasteiger partial charge in [-0.25, -0.2) is 0 Å². The fraction of sp³-hybridized carbons (Fsp3) is 0.467. The standard InChI is InChI=1S/C15H21NO3/c1-4-11(3)16-15(19)13(9-14(17)18)12-7-5-10(2)6-8-12/h5-8,11,13H,4,9H2,1-3H3,(H,16,19)(H,17,18). The lowest BCUT2D eigenvalue weighted by atomic mass is 9.93. The van der Waals surface area contributed by atoms with Gasteiger partial charge in [-0.15, -0.1) is 0 Å². The molecule has 0 aliphatic rings. The summed E-state index contributed by atoms with van der Waals surface area (Å²) in [7, 11) is 0. The molecule has 1 amide bonds. The van der Waals surface area contributed by atoms with E-state index in [1.54, 1.807) is 0 Å². The summed E-state index contributed by atoms with van der Waals surface area (Å²) in [6.07, 6.45) is 0.630. The van der Waals surface area contributed by atoms with Crippen LogP contribution in [0.3, 0.4) is 0 Å². The lowest BCUT2D eigenvalue weighted by Crippen LogP contribution is -2.36. The molecule has 0 aliphatic heterocycles. The van der Waals surface area contributed by atoms with E-state index >= 15 is 0 Å². The number of rotatable bonds is 6. The summed E-state index contributed by atoms with van der Waals surface area (Å²) in [6.45, 7) is 5.84. The van der Waals surface area contributed by atoms with Gasteiger partial charge < -0.3 is 10.4 Å². The molecule has 2 atom stereocenters. The van der Waals surface area contributed by atoms with E-state index in [0.29, 0.717) is 0 Å². The van der Waals surface area contributed by atoms with Gasteiger partial charge >= 0.3 is 5.97 Å². The van der Waals surface area contributed by atoms with Crippen LogP contribution in [-0.4, -0.2) is 23.0 Å². The number of carbonyl (C=O) groups excluding carboxylic acids is 1. The van der Waals surface area contributed by atoms with Gasteiger partial charge in [-0.3, -0.25) is 9.59 Å². The number of carboxylic acid groups (broad SMARTS) is 1. The smallest absolute Gasteiger partial charge is 0.304 e. The Morgan fingerprint density at radius 2 is 1.84 bits per heavy atom. The van der Waals surface area contributed by atoms with E-state index in [2.05, 4.69) is 5.32 Å². The van der Waals surface area contributed by atoms with Gasteiger partial charge in [0.1, 0.15) is 0 Å². The van der Waals surface area contributed by atoms with Gasteiger partial charge in [-0.2, -0.15) is 0 Å². The lowest BCUT2D eigenvalue weighted by Gasteiger charge is -2.18. The van der Waals surface area contributed by atoms with Crippen molar-refractivity contribution in [3.63, 3.8) is 0 Å². The summed E-state index contributed by atoms with van der Waals surface area (Å²) in [4.78, 5) is 23.1. The van der Waals surface area contributed by atoms with Gasteiger partial charge in [0, 0.05) is 6.04 Å². The topological polar surface area (TPSA) is 66.4 Å². The summed E-state index contributed by atoms with van der Waals surface area (Å²) in [5.41, 5.74) is 1.83. The molecule has 0 aliphatic carbocycles. The zero-order valence-corrected chi connectivity index (χ0v) is 11.6. The van der Waals surface area contributed by atoms with Crippen LogP contribution in [0.25, 0.3) is 0 Å². The molecule has 0 saturated heterocycles. The minimum absolute atomic E-state index is 0.0502. The first-order chi connectivity index (χ1) is 8.93. The van der Waals surface area contributed by atoms with Crippen LogP contribution in [0.2, 0.25) is 0 Å². The van der Waals surface area contributed by atoms with E-state index in [4.69, 9.17) is 5.11 Å². The first-order valence-corrected chi connectivity index (χ1v) is 6.52. The molecule has 0 bridgehead atoms. The number of hydrogen-bond acceptors (Lipinski definition) is 2. The SMILES string of the molecule is CCC(C)NC(=O)C(CC(=O)O)c1ccc(C)cc1. The average Bonchev–Trinajstić information content (AvgIpc) is 2.36. The molecule has 0 fully saturated rings. The van der Waals surface area contributed by atoms with Crippen molar-refractivity contribution in [1.82, 2.24) is 5.32 Å². The number of nitrogens with one attached hydrogen (secondary N) is 1. The van der Waals surface area contributed by atoms with Crippen molar-refractivity contribution in [2.45, 2.75) is 45.6 Å². The molecule has 0 saturated carbocycles. The Kier molecular flexibility index (Phi) is 5.55. The second-order valence-electron chi connectivity index (χ2n) is 4.88. The lowest BCUT2D eigenvalue weighted by molar-refractivity contribution is -0.139. The first-order valence-electron chi connectivity index (χ1n) is 6.52. The highest BCUT2D eigenvalue weighted by Crippen LogP contribution is 2.21. The number of aryl methyl sites for hydroxylation is 1. The van der Waals surface area contributed by atoms with Crippen LogP contribution in [-0.2, 0) is 9.59 Å². The Labute approximate surface area is 113 Å². The zero-order valence-electron chi connectivity index (χ0n) is 11.6. The van der Waals surface area contributed by atoms with Crippen LogP contribution in [0.1, 0.15) is 43.7 Å². The second kappa shape index (κ2) is 6.92. The minimum atomic E-state index is -0.968. The van der Waals surface area contributed by atoms with Crippen LogP contribution in [0.4, 0.5) is 0 Å². The summed E-state index contributed by atoms with van der Waals surface area (Å²) in [5, 5.41) is 11.8. The molecule has 0 radical (unpaired) electrons. The third-order valence-corrected chi connectivity index (χ3v) is 3.18. The summed E-state index contributed by atoms with van der Waals surface area (Å²) in [6, 6.07) is 7.47. The summed E-state index contributed by atoms with van der Waals surface area (Å²) >= 11 is 0. The Balaban J connectivity index is 2.91. The van der Waals surface area contributed by atoms with Gasteiger partial charge in [0.05, 0.1) is 12.3 Å². The molecule has 0 aromatic heterocycles. The van der Waals surface area contributed by atoms with E-state index in [9.17, 15) is 9.59 Å². The van der Waals surface area contributed by atoms with Crippen molar-refractivity contribution in [3.8, 4) is 0 Å². The van der Waals surface area contributed by atoms with Crippen LogP contribution >= 0.6 is 0 Å². The van der Waals surface area contributed by atoms with Crippen LogP contribution in [0, 0.1) is 6.92 Å². The molecular weight excluding hydrogens is 242 g/mol. The fourth-order valence-corrected chi connectivity index (χ4v) is 1.78. The number of aliphatic carboxylic acids is 1. The maximum absolute atomic E-state index is 12.2. The van der Waals surface area contributed by atoms with E-state index < -0.39 is 11.9 Å². The predicted octanol–water partition coefficient (Wildman–Crippen LogP) is 2.47. The molecule has 19 heavy (non-hydrogen) atoms. The Morgan fingerprint density at radius 3 is 2.32 bits per heavy atom. The van der Waals surface area contributed by atoms with Crippen molar-refractivity contribution >= 4 is 11.9 Å². The Bertz CT molecular complexity index is 439. The number of benzene rings is 1. The van der Waals surface area contributed by atoms with Crippen LogP contribution in [0.15, 0.2) is 24.3 Å². The van der Waals surface area contributed by atoms with E-state index in [-0.39, 0.29) is 18.4 Å². The van der Waals surface area contributed by atoms with Gasteiger partial charge in [0.15, 0.2) is 0 Å². The van der Waals surface area contributed by atoms with E-state index in [0.717, 1.165) is 17.5 Å². The van der Waals surface area contributed by atoms with Crippen molar-refractivity contribution < 1.29 is 14.7 Å². The molecule has 4 heteroatoms. The maximum atomic E-state index is 12.2. The second-order valence-corrected chi connectivity index (χ2v) is 4.88. The maximum Gasteiger partial charge on any atom is 0.304 e. The molecule has 1 aromatic carbocycles. The molecule has 1 rings (SSSR count). The quantitative estimate of drug-likeness (QED) is 0.828. The van der Waals surface area contributed by atoms with E-state index in [1.165, 1.54) is 0 Å². The molecule has 1 aromatic rings. The molecule has 2 N–H and O–H groups in total. The van der Waals surface area contributed by atoms with Gasteiger partial charge in [-0.1, -0.05) is 36.8 Å². The number of carbonyl (C=O) groups is 2. The number of amides is 1. The molecular formula is C15H21NO3.